The number of nitrogens with zero attached hydrogens (tertiary/aromatic N) is 2. The third-order valence-electron chi connectivity index (χ3n) is 2.32. The second-order valence-electron chi connectivity index (χ2n) is 3.57. The molecule has 0 spiro atoms. The smallest absolute Gasteiger partial charge is 0.207 e. The normalized spacial score (nSPS) is 10.6. The molecule has 4 heteroatoms. The van der Waals surface area contributed by atoms with E-state index in [1.807, 2.05) is 18.2 Å². The maximum absolute atomic E-state index is 11.6. The summed E-state index contributed by atoms with van der Waals surface area (Å²) in [4.78, 5) is 11.6. The van der Waals surface area contributed by atoms with E-state index in [0.717, 1.165) is 11.1 Å². The summed E-state index contributed by atoms with van der Waals surface area (Å²) in [6.07, 6.45) is 1.32. The van der Waals surface area contributed by atoms with Crippen molar-refractivity contribution in [3.05, 3.63) is 52.8 Å². The van der Waals surface area contributed by atoms with Gasteiger partial charge in [-0.1, -0.05) is 18.7 Å². The summed E-state index contributed by atoms with van der Waals surface area (Å²) in [5.41, 5.74) is 1.60. The number of hydrogen-bond donors (Lipinski definition) is 0. The van der Waals surface area contributed by atoms with Gasteiger partial charge < -0.3 is 0 Å². The first kappa shape index (κ1) is 10.9. The lowest BCUT2D eigenvalue weighted by atomic mass is 10.2. The van der Waals surface area contributed by atoms with E-state index >= 15 is 0 Å². The summed E-state index contributed by atoms with van der Waals surface area (Å²) in [6, 6.07) is 7.37. The predicted octanol–water partition coefficient (Wildman–Crippen LogP) is 2.19. The molecular formula is C12H11ClN2O. The van der Waals surface area contributed by atoms with Crippen LogP contribution in [0, 0.1) is 0 Å². The Morgan fingerprint density at radius 3 is 2.94 bits per heavy atom. The number of fused-ring (bicyclic) bond motifs is 1. The highest BCUT2D eigenvalue weighted by molar-refractivity contribution is 6.19. The van der Waals surface area contributed by atoms with Crippen LogP contribution in [0.5, 0.6) is 0 Å². The molecular weight excluding hydrogens is 224 g/mol. The molecule has 1 aromatic heterocycles. The summed E-state index contributed by atoms with van der Waals surface area (Å²) in [5, 5.41) is 4.75. The number of alkyl halides is 1. The molecule has 0 fully saturated rings. The minimum absolute atomic E-state index is 0.0664. The Hall–Kier alpha value is -1.61. The highest BCUT2D eigenvalue weighted by Crippen LogP contribution is 2.09. The van der Waals surface area contributed by atoms with Crippen LogP contribution >= 0.6 is 11.6 Å². The molecule has 0 aliphatic carbocycles. The van der Waals surface area contributed by atoms with Crippen molar-refractivity contribution in [1.29, 1.82) is 0 Å². The standard InChI is InChI=1S/C12H11ClN2O/c1-9(6-13)8-15-11-5-3-2-4-10(11)12(16)7-14-15/h2-5,7H,1,6,8H2. The monoisotopic (exact) mass is 234 g/mol. The molecule has 1 heterocycles. The Balaban J connectivity index is 2.59. The van der Waals surface area contributed by atoms with Crippen LogP contribution in [0.1, 0.15) is 0 Å². The predicted molar refractivity (Wildman–Crippen MR) is 65.9 cm³/mol. The molecule has 0 atom stereocenters. The summed E-state index contributed by atoms with van der Waals surface area (Å²) in [7, 11) is 0. The summed E-state index contributed by atoms with van der Waals surface area (Å²) in [5.74, 6) is 0.391. The van der Waals surface area contributed by atoms with E-state index in [2.05, 4.69) is 11.7 Å². The van der Waals surface area contributed by atoms with Gasteiger partial charge in [0.2, 0.25) is 5.43 Å². The van der Waals surface area contributed by atoms with Gasteiger partial charge in [-0.25, -0.2) is 0 Å². The van der Waals surface area contributed by atoms with Gasteiger partial charge >= 0.3 is 0 Å². The van der Waals surface area contributed by atoms with Crippen LogP contribution in [0.3, 0.4) is 0 Å². The average Bonchev–Trinajstić information content (AvgIpc) is 2.33. The second-order valence-corrected chi connectivity index (χ2v) is 3.83. The topological polar surface area (TPSA) is 34.9 Å². The third kappa shape index (κ3) is 1.99. The van der Waals surface area contributed by atoms with Crippen LogP contribution < -0.4 is 5.43 Å². The summed E-state index contributed by atoms with van der Waals surface area (Å²) >= 11 is 5.68. The Morgan fingerprint density at radius 1 is 1.44 bits per heavy atom. The maximum Gasteiger partial charge on any atom is 0.207 e. The molecule has 0 N–H and O–H groups in total. The Labute approximate surface area is 98.0 Å². The van der Waals surface area contributed by atoms with Crippen LogP contribution in [0.2, 0.25) is 0 Å². The van der Waals surface area contributed by atoms with Crippen molar-refractivity contribution in [2.75, 3.05) is 5.88 Å². The summed E-state index contributed by atoms with van der Waals surface area (Å²) < 4.78 is 1.74. The lowest BCUT2D eigenvalue weighted by Gasteiger charge is -2.09. The highest BCUT2D eigenvalue weighted by atomic mass is 35.5. The van der Waals surface area contributed by atoms with E-state index in [1.54, 1.807) is 10.7 Å². The fraction of sp³-hybridized carbons (Fsp3) is 0.167. The van der Waals surface area contributed by atoms with Gasteiger partial charge in [0, 0.05) is 11.3 Å². The van der Waals surface area contributed by atoms with Gasteiger partial charge in [0.15, 0.2) is 0 Å². The third-order valence-corrected chi connectivity index (χ3v) is 2.70. The summed E-state index contributed by atoms with van der Waals surface area (Å²) in [6.45, 7) is 4.36. The zero-order valence-electron chi connectivity index (χ0n) is 8.69. The molecule has 0 aliphatic rings. The SMILES string of the molecule is C=C(CCl)Cn1ncc(=O)c2ccccc21. The molecule has 2 aromatic rings. The van der Waals surface area contributed by atoms with Crippen LogP contribution in [-0.4, -0.2) is 15.7 Å². The highest BCUT2D eigenvalue weighted by Gasteiger charge is 2.03. The first-order valence-electron chi connectivity index (χ1n) is 4.90. The van der Waals surface area contributed by atoms with Crippen LogP contribution in [-0.2, 0) is 6.54 Å². The van der Waals surface area contributed by atoms with Crippen LogP contribution in [0.25, 0.3) is 10.9 Å². The van der Waals surface area contributed by atoms with E-state index in [0.29, 0.717) is 17.8 Å². The number of benzene rings is 1. The van der Waals surface area contributed by atoms with Crippen LogP contribution in [0.4, 0.5) is 0 Å². The van der Waals surface area contributed by atoms with Crippen molar-refractivity contribution in [2.24, 2.45) is 0 Å². The van der Waals surface area contributed by atoms with Gasteiger partial charge in [0.1, 0.15) is 0 Å². The average molecular weight is 235 g/mol. The molecule has 0 unspecified atom stereocenters. The zero-order valence-corrected chi connectivity index (χ0v) is 9.44. The maximum atomic E-state index is 11.6. The molecule has 0 amide bonds. The lowest BCUT2D eigenvalue weighted by molar-refractivity contribution is 0.688. The van der Waals surface area contributed by atoms with Gasteiger partial charge in [-0.15, -0.1) is 11.6 Å². The van der Waals surface area contributed by atoms with Crippen LogP contribution in [0.15, 0.2) is 47.4 Å². The first-order chi connectivity index (χ1) is 7.72. The van der Waals surface area contributed by atoms with Crippen molar-refractivity contribution in [2.45, 2.75) is 6.54 Å². The number of halogens is 1. The number of aromatic nitrogens is 2. The van der Waals surface area contributed by atoms with Crippen molar-refractivity contribution in [3.63, 3.8) is 0 Å². The molecule has 0 bridgehead atoms. The van der Waals surface area contributed by atoms with E-state index in [9.17, 15) is 4.79 Å². The van der Waals surface area contributed by atoms with E-state index in [1.165, 1.54) is 6.20 Å². The number of hydrogen-bond acceptors (Lipinski definition) is 2. The Morgan fingerprint density at radius 2 is 2.19 bits per heavy atom. The Kier molecular flexibility index (Phi) is 3.06. The van der Waals surface area contributed by atoms with Gasteiger partial charge in [0.25, 0.3) is 0 Å². The fourth-order valence-electron chi connectivity index (χ4n) is 1.54. The van der Waals surface area contributed by atoms with E-state index in [-0.39, 0.29) is 5.43 Å². The number of allylic oxidation sites excluding steroid dienone is 1. The number of rotatable bonds is 3. The van der Waals surface area contributed by atoms with Gasteiger partial charge in [-0.3, -0.25) is 9.48 Å². The van der Waals surface area contributed by atoms with E-state index < -0.39 is 0 Å². The second kappa shape index (κ2) is 4.49. The largest absolute Gasteiger partial charge is 0.287 e. The van der Waals surface area contributed by atoms with Crippen molar-refractivity contribution >= 4 is 22.5 Å². The molecule has 0 radical (unpaired) electrons. The molecule has 0 saturated carbocycles. The Bertz CT molecular complexity index is 589. The van der Waals surface area contributed by atoms with Gasteiger partial charge in [0.05, 0.1) is 18.3 Å². The van der Waals surface area contributed by atoms with E-state index in [4.69, 9.17) is 11.6 Å². The van der Waals surface area contributed by atoms with Gasteiger partial charge in [-0.2, -0.15) is 5.10 Å². The fourth-order valence-corrected chi connectivity index (χ4v) is 1.63. The first-order valence-corrected chi connectivity index (χ1v) is 5.43. The molecule has 2 rings (SSSR count). The molecule has 0 aliphatic heterocycles. The lowest BCUT2D eigenvalue weighted by Crippen LogP contribution is -2.13. The quantitative estimate of drug-likeness (QED) is 0.603. The van der Waals surface area contributed by atoms with Crippen molar-refractivity contribution < 1.29 is 0 Å². The molecule has 3 nitrogen and oxygen atoms in total. The molecule has 16 heavy (non-hydrogen) atoms. The molecule has 1 aromatic carbocycles. The number of para-hydroxylation sites is 1. The minimum atomic E-state index is -0.0664. The van der Waals surface area contributed by atoms with Crippen molar-refractivity contribution in [1.82, 2.24) is 9.78 Å². The molecule has 82 valence electrons. The zero-order chi connectivity index (χ0) is 11.5. The molecule has 0 saturated heterocycles. The minimum Gasteiger partial charge on any atom is -0.287 e. The van der Waals surface area contributed by atoms with Crippen molar-refractivity contribution in [3.8, 4) is 0 Å². The van der Waals surface area contributed by atoms with Gasteiger partial charge in [-0.05, 0) is 17.7 Å².